The number of aromatic nitrogens is 2. The van der Waals surface area contributed by atoms with E-state index in [1.54, 1.807) is 0 Å². The van der Waals surface area contributed by atoms with Crippen LogP contribution in [0.25, 0.3) is 11.4 Å². The molecule has 0 fully saturated rings. The summed E-state index contributed by atoms with van der Waals surface area (Å²) in [5.74, 6) is -1.18. The molecule has 1 aromatic carbocycles. The minimum Gasteiger partial charge on any atom is -0.235 e. The van der Waals surface area contributed by atoms with Crippen LogP contribution in [0.3, 0.4) is 0 Å². The maximum absolute atomic E-state index is 13.0. The van der Waals surface area contributed by atoms with E-state index < -0.39 is 17.6 Å². The molecule has 100 valence electrons. The van der Waals surface area contributed by atoms with Gasteiger partial charge in [0.2, 0.25) is 0 Å². The van der Waals surface area contributed by atoms with Gasteiger partial charge >= 0.3 is 6.18 Å². The highest BCUT2D eigenvalue weighted by Gasteiger charge is 2.35. The molecule has 0 aliphatic carbocycles. The molecular formula is C11H4ClF4IN2. The molecule has 2 nitrogen and oxygen atoms in total. The molecule has 2 aromatic rings. The van der Waals surface area contributed by atoms with Crippen molar-refractivity contribution in [2.45, 2.75) is 6.18 Å². The van der Waals surface area contributed by atoms with Crippen molar-refractivity contribution in [3.05, 3.63) is 44.5 Å². The Kier molecular flexibility index (Phi) is 3.95. The van der Waals surface area contributed by atoms with Crippen LogP contribution >= 0.6 is 34.2 Å². The van der Waals surface area contributed by atoms with Crippen LogP contribution < -0.4 is 0 Å². The molecule has 0 radical (unpaired) electrons. The molecule has 0 N–H and O–H groups in total. The highest BCUT2D eigenvalue weighted by Crippen LogP contribution is 2.36. The van der Waals surface area contributed by atoms with Crippen molar-refractivity contribution >= 4 is 34.2 Å². The monoisotopic (exact) mass is 402 g/mol. The van der Waals surface area contributed by atoms with Crippen LogP contribution in [0.15, 0.2) is 24.4 Å². The van der Waals surface area contributed by atoms with Crippen molar-refractivity contribution in [3.8, 4) is 11.4 Å². The van der Waals surface area contributed by atoms with Gasteiger partial charge in [-0.25, -0.2) is 14.4 Å². The van der Waals surface area contributed by atoms with E-state index in [0.29, 0.717) is 9.64 Å². The van der Waals surface area contributed by atoms with E-state index in [2.05, 4.69) is 9.97 Å². The molecule has 0 aliphatic rings. The Balaban J connectivity index is 2.65. The van der Waals surface area contributed by atoms with E-state index in [1.165, 1.54) is 6.20 Å². The molecule has 0 spiro atoms. The van der Waals surface area contributed by atoms with Crippen LogP contribution in [0.1, 0.15) is 5.56 Å². The lowest BCUT2D eigenvalue weighted by Crippen LogP contribution is -2.09. The van der Waals surface area contributed by atoms with Gasteiger partial charge in [0.15, 0.2) is 5.82 Å². The lowest BCUT2D eigenvalue weighted by molar-refractivity contribution is -0.137. The second-order valence-corrected chi connectivity index (χ2v) is 5.04. The first-order valence-electron chi connectivity index (χ1n) is 4.84. The molecule has 0 aliphatic heterocycles. The molecule has 0 saturated heterocycles. The first-order chi connectivity index (χ1) is 8.79. The minimum atomic E-state index is -4.70. The van der Waals surface area contributed by atoms with E-state index in [1.807, 2.05) is 22.6 Å². The summed E-state index contributed by atoms with van der Waals surface area (Å²) in [5.41, 5.74) is -1.45. The number of nitrogens with zero attached hydrogens (tertiary/aromatic N) is 2. The second-order valence-electron chi connectivity index (χ2n) is 3.52. The maximum atomic E-state index is 13.0. The van der Waals surface area contributed by atoms with Gasteiger partial charge in [0.1, 0.15) is 11.0 Å². The Morgan fingerprint density at radius 1 is 1.21 bits per heavy atom. The van der Waals surface area contributed by atoms with E-state index in [0.717, 1.165) is 12.1 Å². The maximum Gasteiger partial charge on any atom is 0.417 e. The SMILES string of the molecule is Fc1ccc(-c2ncc(I)c(Cl)n2)c(C(F)(F)F)c1. The van der Waals surface area contributed by atoms with Crippen LogP contribution in [-0.2, 0) is 6.18 Å². The average molecular weight is 403 g/mol. The fourth-order valence-electron chi connectivity index (χ4n) is 1.42. The molecule has 0 bridgehead atoms. The van der Waals surface area contributed by atoms with Crippen molar-refractivity contribution in [2.24, 2.45) is 0 Å². The van der Waals surface area contributed by atoms with Crippen molar-refractivity contribution in [1.82, 2.24) is 9.97 Å². The molecule has 8 heteroatoms. The summed E-state index contributed by atoms with van der Waals surface area (Å²) in [4.78, 5) is 7.56. The molecule has 0 amide bonds. The Hall–Kier alpha value is -0.960. The average Bonchev–Trinajstić information content (AvgIpc) is 2.32. The zero-order chi connectivity index (χ0) is 14.2. The molecule has 1 heterocycles. The lowest BCUT2D eigenvalue weighted by Gasteiger charge is -2.12. The van der Waals surface area contributed by atoms with E-state index in [4.69, 9.17) is 11.6 Å². The van der Waals surface area contributed by atoms with Gasteiger partial charge in [-0.3, -0.25) is 0 Å². The Morgan fingerprint density at radius 2 is 1.89 bits per heavy atom. The summed E-state index contributed by atoms with van der Waals surface area (Å²) in [5, 5.41) is 0.0445. The van der Waals surface area contributed by atoms with Gasteiger partial charge < -0.3 is 0 Å². The summed E-state index contributed by atoms with van der Waals surface area (Å²) < 4.78 is 52.0. The molecule has 0 unspecified atom stereocenters. The van der Waals surface area contributed by atoms with Crippen molar-refractivity contribution in [2.75, 3.05) is 0 Å². The summed E-state index contributed by atoms with van der Waals surface area (Å²) in [6.07, 6.45) is -3.40. The van der Waals surface area contributed by atoms with Gasteiger partial charge in [-0.2, -0.15) is 13.2 Å². The van der Waals surface area contributed by atoms with Crippen LogP contribution in [0.4, 0.5) is 17.6 Å². The van der Waals surface area contributed by atoms with Crippen molar-refractivity contribution in [1.29, 1.82) is 0 Å². The van der Waals surface area contributed by atoms with Crippen LogP contribution in [0.5, 0.6) is 0 Å². The smallest absolute Gasteiger partial charge is 0.235 e. The highest BCUT2D eigenvalue weighted by atomic mass is 127. The fraction of sp³-hybridized carbons (Fsp3) is 0.0909. The van der Waals surface area contributed by atoms with Crippen LogP contribution in [-0.4, -0.2) is 9.97 Å². The lowest BCUT2D eigenvalue weighted by atomic mass is 10.1. The zero-order valence-electron chi connectivity index (χ0n) is 8.97. The van der Waals surface area contributed by atoms with Crippen LogP contribution in [0, 0.1) is 9.39 Å². The molecule has 1 aromatic heterocycles. The van der Waals surface area contributed by atoms with E-state index in [9.17, 15) is 17.6 Å². The molecule has 0 atom stereocenters. The van der Waals surface area contributed by atoms with Gasteiger partial charge in [0.05, 0.1) is 9.13 Å². The third kappa shape index (κ3) is 3.14. The first-order valence-corrected chi connectivity index (χ1v) is 6.30. The van der Waals surface area contributed by atoms with E-state index in [-0.39, 0.29) is 16.5 Å². The molecule has 2 rings (SSSR count). The number of alkyl halides is 3. The minimum absolute atomic E-state index is 0.0445. The third-order valence-corrected chi connectivity index (χ3v) is 3.63. The van der Waals surface area contributed by atoms with Gasteiger partial charge in [0.25, 0.3) is 0 Å². The molecular weight excluding hydrogens is 398 g/mol. The predicted octanol–water partition coefficient (Wildman–Crippen LogP) is 4.56. The zero-order valence-corrected chi connectivity index (χ0v) is 11.9. The number of benzene rings is 1. The number of halogens is 6. The second kappa shape index (κ2) is 5.20. The van der Waals surface area contributed by atoms with Gasteiger partial charge in [-0.1, -0.05) is 11.6 Å². The van der Waals surface area contributed by atoms with Crippen LogP contribution in [0.2, 0.25) is 5.15 Å². The summed E-state index contributed by atoms with van der Waals surface area (Å²) >= 11 is 7.60. The van der Waals surface area contributed by atoms with Gasteiger partial charge in [-0.15, -0.1) is 0 Å². The Bertz CT molecular complexity index is 631. The Morgan fingerprint density at radius 3 is 2.47 bits per heavy atom. The number of rotatable bonds is 1. The summed E-state index contributed by atoms with van der Waals surface area (Å²) in [6, 6.07) is 2.31. The van der Waals surface area contributed by atoms with Crippen molar-refractivity contribution < 1.29 is 17.6 Å². The molecule has 0 saturated carbocycles. The summed E-state index contributed by atoms with van der Waals surface area (Å²) in [7, 11) is 0. The topological polar surface area (TPSA) is 25.8 Å². The Labute approximate surface area is 124 Å². The largest absolute Gasteiger partial charge is 0.417 e. The first kappa shape index (κ1) is 14.4. The standard InChI is InChI=1S/C11H4ClF4IN2/c12-9-8(17)4-18-10(19-9)6-2-1-5(13)3-7(6)11(14,15)16/h1-4H. The van der Waals surface area contributed by atoms with Gasteiger partial charge in [-0.05, 0) is 40.8 Å². The van der Waals surface area contributed by atoms with Crippen molar-refractivity contribution in [3.63, 3.8) is 0 Å². The quantitative estimate of drug-likeness (QED) is 0.397. The fourth-order valence-corrected chi connectivity index (χ4v) is 1.81. The third-order valence-electron chi connectivity index (χ3n) is 2.23. The predicted molar refractivity (Wildman–Crippen MR) is 70.2 cm³/mol. The van der Waals surface area contributed by atoms with Gasteiger partial charge in [0, 0.05) is 11.8 Å². The highest BCUT2D eigenvalue weighted by molar-refractivity contribution is 14.1. The summed E-state index contributed by atoms with van der Waals surface area (Å²) in [6.45, 7) is 0. The normalized spacial score (nSPS) is 11.7. The molecule has 19 heavy (non-hydrogen) atoms. The number of hydrogen-bond acceptors (Lipinski definition) is 2. The van der Waals surface area contributed by atoms with E-state index >= 15 is 0 Å². The number of hydrogen-bond donors (Lipinski definition) is 0.